The number of ether oxygens (including phenoxy) is 1. The predicted octanol–water partition coefficient (Wildman–Crippen LogP) is 2.51. The molecule has 5 rings (SSSR count). The molecule has 2 amide bonds. The minimum Gasteiger partial charge on any atom is -0.497 e. The number of hydrogen-bond donors (Lipinski definition) is 2. The summed E-state index contributed by atoms with van der Waals surface area (Å²) in [4.78, 5) is 27.6. The Bertz CT molecular complexity index is 990. The van der Waals surface area contributed by atoms with E-state index in [4.69, 9.17) is 4.74 Å². The Kier molecular flexibility index (Phi) is 5.20. The van der Waals surface area contributed by atoms with Crippen molar-refractivity contribution < 1.29 is 14.3 Å². The number of rotatable bonds is 6. The topological polar surface area (TPSA) is 87.3 Å². The summed E-state index contributed by atoms with van der Waals surface area (Å²) in [7, 11) is 1.66. The highest BCUT2D eigenvalue weighted by molar-refractivity contribution is 5.94. The summed E-state index contributed by atoms with van der Waals surface area (Å²) >= 11 is 0. The highest BCUT2D eigenvalue weighted by Gasteiger charge is 2.58. The van der Waals surface area contributed by atoms with Crippen LogP contribution in [0.3, 0.4) is 0 Å². The third-order valence-corrected chi connectivity index (χ3v) is 7.41. The minimum absolute atomic E-state index is 0.0502. The molecule has 7 nitrogen and oxygen atoms in total. The van der Waals surface area contributed by atoms with Crippen LogP contribution >= 0.6 is 0 Å². The average Bonchev–Trinajstić information content (AvgIpc) is 3.11. The highest BCUT2D eigenvalue weighted by atomic mass is 16.5. The van der Waals surface area contributed by atoms with Gasteiger partial charge in [0.25, 0.3) is 5.91 Å². The zero-order valence-electron chi connectivity index (χ0n) is 18.1. The number of nitrogens with zero attached hydrogens (tertiary/aromatic N) is 2. The van der Waals surface area contributed by atoms with E-state index in [2.05, 4.69) is 21.6 Å². The van der Waals surface area contributed by atoms with Crippen LogP contribution in [0.2, 0.25) is 0 Å². The van der Waals surface area contributed by atoms with Gasteiger partial charge < -0.3 is 15.0 Å². The summed E-state index contributed by atoms with van der Waals surface area (Å²) in [5.41, 5.74) is 4.10. The third kappa shape index (κ3) is 3.82. The molecule has 164 valence electrons. The van der Waals surface area contributed by atoms with E-state index in [1.807, 2.05) is 23.1 Å². The van der Waals surface area contributed by atoms with Gasteiger partial charge in [-0.3, -0.25) is 14.7 Å². The van der Waals surface area contributed by atoms with E-state index in [1.165, 1.54) is 0 Å². The lowest BCUT2D eigenvalue weighted by molar-refractivity contribution is -0.123. The largest absolute Gasteiger partial charge is 0.497 e. The van der Waals surface area contributed by atoms with Gasteiger partial charge in [0.2, 0.25) is 5.91 Å². The molecule has 2 aliphatic carbocycles. The van der Waals surface area contributed by atoms with Crippen LogP contribution in [0.15, 0.2) is 24.3 Å². The molecule has 1 aliphatic heterocycles. The van der Waals surface area contributed by atoms with Crippen molar-refractivity contribution in [1.29, 1.82) is 0 Å². The lowest BCUT2D eigenvalue weighted by Gasteiger charge is -2.32. The van der Waals surface area contributed by atoms with E-state index < -0.39 is 0 Å². The van der Waals surface area contributed by atoms with Crippen LogP contribution in [-0.2, 0) is 24.1 Å². The van der Waals surface area contributed by atoms with Crippen LogP contribution in [0.4, 0.5) is 0 Å². The summed E-state index contributed by atoms with van der Waals surface area (Å²) < 4.78 is 5.26. The molecule has 1 saturated heterocycles. The molecule has 1 saturated carbocycles. The molecule has 2 N–H and O–H groups in total. The first-order chi connectivity index (χ1) is 15.1. The zero-order chi connectivity index (χ0) is 21.4. The van der Waals surface area contributed by atoms with Crippen molar-refractivity contribution in [2.45, 2.75) is 44.9 Å². The molecule has 0 radical (unpaired) electrons. The molecule has 7 heteroatoms. The van der Waals surface area contributed by atoms with Gasteiger partial charge in [0.05, 0.1) is 7.11 Å². The fraction of sp³-hybridized carbons (Fsp3) is 0.542. The Labute approximate surface area is 182 Å². The Morgan fingerprint density at radius 3 is 2.94 bits per heavy atom. The summed E-state index contributed by atoms with van der Waals surface area (Å²) in [6.45, 7) is 2.07. The molecular formula is C24H30N4O3. The van der Waals surface area contributed by atoms with Crippen LogP contribution in [0.1, 0.15) is 53.0 Å². The van der Waals surface area contributed by atoms with Gasteiger partial charge in [-0.15, -0.1) is 0 Å². The van der Waals surface area contributed by atoms with Crippen LogP contribution in [0.5, 0.6) is 5.75 Å². The summed E-state index contributed by atoms with van der Waals surface area (Å²) in [6, 6.07) is 7.95. The number of carbonyl (C=O) groups excluding carboxylic acids is 2. The number of hydrogen-bond acceptors (Lipinski definition) is 4. The van der Waals surface area contributed by atoms with E-state index in [0.29, 0.717) is 25.3 Å². The number of amides is 2. The molecule has 2 aromatic rings. The molecule has 1 unspecified atom stereocenters. The van der Waals surface area contributed by atoms with Crippen LogP contribution < -0.4 is 10.1 Å². The molecular weight excluding hydrogens is 392 g/mol. The lowest BCUT2D eigenvalue weighted by Crippen LogP contribution is -2.41. The molecule has 2 heterocycles. The zero-order valence-corrected chi connectivity index (χ0v) is 18.1. The van der Waals surface area contributed by atoms with Gasteiger partial charge in [-0.05, 0) is 68.1 Å². The fourth-order valence-electron chi connectivity index (χ4n) is 5.35. The van der Waals surface area contributed by atoms with E-state index in [-0.39, 0.29) is 23.1 Å². The molecule has 31 heavy (non-hydrogen) atoms. The number of fused-ring (bicyclic) bond motifs is 1. The fourth-order valence-corrected chi connectivity index (χ4v) is 5.35. The standard InChI is InChI=1S/C24H30N4O3/c1-31-17-5-2-4-16(14-17)8-11-25-22(29)19-15-24(19)9-12-28(13-10-24)23(30)21-18-6-3-7-20(18)26-27-21/h2,4-5,14,19H,3,6-13,15H2,1H3,(H,25,29)(H,26,27). The Morgan fingerprint density at radius 2 is 2.13 bits per heavy atom. The second kappa shape index (κ2) is 8.02. The number of methoxy groups -OCH3 is 1. The number of nitrogens with one attached hydrogen (secondary N) is 2. The number of aromatic amines is 1. The van der Waals surface area contributed by atoms with E-state index in [9.17, 15) is 9.59 Å². The lowest BCUT2D eigenvalue weighted by atomic mass is 9.90. The van der Waals surface area contributed by atoms with Gasteiger partial charge in [0, 0.05) is 36.8 Å². The molecule has 2 fully saturated rings. The van der Waals surface area contributed by atoms with E-state index in [1.54, 1.807) is 7.11 Å². The van der Waals surface area contributed by atoms with E-state index >= 15 is 0 Å². The first kappa shape index (κ1) is 20.1. The van der Waals surface area contributed by atoms with Crippen molar-refractivity contribution in [3.63, 3.8) is 0 Å². The molecule has 1 aromatic carbocycles. The molecule has 1 atom stereocenters. The SMILES string of the molecule is COc1cccc(CCNC(=O)C2CC23CCN(C(=O)c2n[nH]c4c2CCC4)CC3)c1. The first-order valence-corrected chi connectivity index (χ1v) is 11.4. The van der Waals surface area contributed by atoms with Crippen molar-refractivity contribution in [3.05, 3.63) is 46.8 Å². The first-order valence-electron chi connectivity index (χ1n) is 11.4. The average molecular weight is 423 g/mol. The van der Waals surface area contributed by atoms with Crippen molar-refractivity contribution in [2.24, 2.45) is 11.3 Å². The van der Waals surface area contributed by atoms with Gasteiger partial charge in [-0.2, -0.15) is 5.10 Å². The highest BCUT2D eigenvalue weighted by Crippen LogP contribution is 2.59. The normalized spacial score (nSPS) is 21.1. The minimum atomic E-state index is 0.0502. The number of aryl methyl sites for hydroxylation is 1. The van der Waals surface area contributed by atoms with Crippen molar-refractivity contribution in [1.82, 2.24) is 20.4 Å². The van der Waals surface area contributed by atoms with Crippen molar-refractivity contribution in [2.75, 3.05) is 26.7 Å². The van der Waals surface area contributed by atoms with Gasteiger partial charge >= 0.3 is 0 Å². The Hall–Kier alpha value is -2.83. The maximum absolute atomic E-state index is 12.9. The molecule has 1 spiro atoms. The quantitative estimate of drug-likeness (QED) is 0.749. The maximum atomic E-state index is 12.9. The molecule has 1 aromatic heterocycles. The van der Waals surface area contributed by atoms with Gasteiger partial charge in [-0.1, -0.05) is 12.1 Å². The number of benzene rings is 1. The number of piperidine rings is 1. The Morgan fingerprint density at radius 1 is 1.29 bits per heavy atom. The molecule has 0 bridgehead atoms. The predicted molar refractivity (Wildman–Crippen MR) is 116 cm³/mol. The summed E-state index contributed by atoms with van der Waals surface area (Å²) in [6.07, 6.45) is 6.58. The second-order valence-corrected chi connectivity index (χ2v) is 9.19. The number of carbonyl (C=O) groups is 2. The number of H-pyrrole nitrogens is 1. The van der Waals surface area contributed by atoms with E-state index in [0.717, 1.165) is 67.5 Å². The summed E-state index contributed by atoms with van der Waals surface area (Å²) in [5.74, 6) is 1.14. The van der Waals surface area contributed by atoms with Crippen LogP contribution in [0, 0.1) is 11.3 Å². The van der Waals surface area contributed by atoms with Crippen LogP contribution in [0.25, 0.3) is 0 Å². The third-order valence-electron chi connectivity index (χ3n) is 7.41. The number of aromatic nitrogens is 2. The van der Waals surface area contributed by atoms with Crippen molar-refractivity contribution in [3.8, 4) is 5.75 Å². The number of likely N-dealkylation sites (tertiary alicyclic amines) is 1. The van der Waals surface area contributed by atoms with Gasteiger partial charge in [0.1, 0.15) is 5.75 Å². The van der Waals surface area contributed by atoms with Crippen molar-refractivity contribution >= 4 is 11.8 Å². The second-order valence-electron chi connectivity index (χ2n) is 9.19. The monoisotopic (exact) mass is 422 g/mol. The Balaban J connectivity index is 1.10. The molecule has 3 aliphatic rings. The van der Waals surface area contributed by atoms with Gasteiger partial charge in [-0.25, -0.2) is 0 Å². The van der Waals surface area contributed by atoms with Crippen LogP contribution in [-0.4, -0.2) is 53.7 Å². The maximum Gasteiger partial charge on any atom is 0.274 e. The smallest absolute Gasteiger partial charge is 0.274 e. The van der Waals surface area contributed by atoms with Gasteiger partial charge in [0.15, 0.2) is 5.69 Å². The summed E-state index contributed by atoms with van der Waals surface area (Å²) in [5, 5.41) is 10.4.